The maximum atomic E-state index is 11.0. The minimum Gasteiger partial charge on any atom is -0.393 e. The summed E-state index contributed by atoms with van der Waals surface area (Å²) in [7, 11) is 0. The van der Waals surface area contributed by atoms with E-state index in [0.29, 0.717) is 11.3 Å². The molecule has 4 fully saturated rings. The van der Waals surface area contributed by atoms with Gasteiger partial charge in [0.25, 0.3) is 0 Å². The highest BCUT2D eigenvalue weighted by atomic mass is 16.3. The zero-order chi connectivity index (χ0) is 24.2. The van der Waals surface area contributed by atoms with Crippen LogP contribution in [0.1, 0.15) is 136 Å². The van der Waals surface area contributed by atoms with Gasteiger partial charge in [-0.2, -0.15) is 0 Å². The average molecular weight is 476 g/mol. The summed E-state index contributed by atoms with van der Waals surface area (Å²) in [5.41, 5.74) is 0.540. The summed E-state index contributed by atoms with van der Waals surface area (Å²) in [5.74, 6) is 3.01. The van der Waals surface area contributed by atoms with Crippen molar-refractivity contribution in [1.29, 1.82) is 0 Å². The van der Waals surface area contributed by atoms with Crippen LogP contribution >= 0.6 is 0 Å². The number of rotatable bonds is 12. The molecule has 3 nitrogen and oxygen atoms in total. The monoisotopic (exact) mass is 475 g/mol. The predicted octanol–water partition coefficient (Wildman–Crippen LogP) is 7.24. The molecule has 3 heteroatoms. The maximum Gasteiger partial charge on any atom is 0.0696 e. The van der Waals surface area contributed by atoms with Crippen LogP contribution in [0.5, 0.6) is 0 Å². The summed E-state index contributed by atoms with van der Waals surface area (Å²) >= 11 is 0. The molecule has 198 valence electrons. The normalized spacial score (nSPS) is 43.9. The Labute approximate surface area is 211 Å². The van der Waals surface area contributed by atoms with Crippen molar-refractivity contribution < 1.29 is 10.2 Å². The topological polar surface area (TPSA) is 52.5 Å². The van der Waals surface area contributed by atoms with Gasteiger partial charge in [0.2, 0.25) is 0 Å². The van der Waals surface area contributed by atoms with E-state index in [-0.39, 0.29) is 23.7 Å². The molecule has 0 aromatic heterocycles. The first-order valence-electron chi connectivity index (χ1n) is 15.5. The Bertz CT molecular complexity index is 625. The molecule has 0 heterocycles. The van der Waals surface area contributed by atoms with Crippen LogP contribution < -0.4 is 5.32 Å². The first kappa shape index (κ1) is 26.9. The fourth-order valence-electron chi connectivity index (χ4n) is 9.39. The summed E-state index contributed by atoms with van der Waals surface area (Å²) < 4.78 is 0. The van der Waals surface area contributed by atoms with E-state index in [9.17, 15) is 10.2 Å². The SMILES string of the molecule is CCCCCCCCCCCCN[C@H]1C[C@@]2(C)[C@@H](CC[C@@H]3[C@@H]2CC[C@]2(C)[C@@H](O)CC[C@@H]32)C[C@@H]1O. The molecule has 0 aliphatic heterocycles. The van der Waals surface area contributed by atoms with Crippen molar-refractivity contribution in [2.45, 2.75) is 155 Å². The number of aliphatic hydroxyl groups is 2. The van der Waals surface area contributed by atoms with Crippen LogP contribution in [-0.2, 0) is 0 Å². The lowest BCUT2D eigenvalue weighted by Crippen LogP contribution is -2.59. The number of fused-ring (bicyclic) bond motifs is 5. The molecule has 0 aromatic carbocycles. The fraction of sp³-hybridized carbons (Fsp3) is 1.00. The molecule has 0 aromatic rings. The molecule has 0 radical (unpaired) electrons. The standard InChI is InChI=1S/C31H57NO2/c1-4-5-6-7-8-9-10-11-12-13-20-32-27-22-31(3)23(21-28(27)33)14-15-24-25-16-17-29(34)30(25,2)19-18-26(24)31/h23-29,32-34H,4-22H2,1-3H3/t23-,24-,25-,26-,27-,28-,29-,30-,31-/m0/s1. The van der Waals surface area contributed by atoms with Gasteiger partial charge in [0.05, 0.1) is 12.2 Å². The quantitative estimate of drug-likeness (QED) is 0.261. The Balaban J connectivity index is 1.21. The molecule has 4 rings (SSSR count). The van der Waals surface area contributed by atoms with Crippen LogP contribution in [0, 0.1) is 34.5 Å². The van der Waals surface area contributed by atoms with Crippen molar-refractivity contribution in [2.75, 3.05) is 6.54 Å². The Kier molecular flexibility index (Phi) is 9.47. The Morgan fingerprint density at radius 2 is 1.38 bits per heavy atom. The van der Waals surface area contributed by atoms with Crippen LogP contribution in [0.3, 0.4) is 0 Å². The van der Waals surface area contributed by atoms with Crippen LogP contribution in [0.25, 0.3) is 0 Å². The highest BCUT2D eigenvalue weighted by Crippen LogP contribution is 2.66. The zero-order valence-corrected chi connectivity index (χ0v) is 22.9. The Hall–Kier alpha value is -0.120. The predicted molar refractivity (Wildman–Crippen MR) is 143 cm³/mol. The van der Waals surface area contributed by atoms with Crippen molar-refractivity contribution in [2.24, 2.45) is 34.5 Å². The van der Waals surface area contributed by atoms with Gasteiger partial charge in [0.1, 0.15) is 0 Å². The van der Waals surface area contributed by atoms with Gasteiger partial charge in [-0.15, -0.1) is 0 Å². The molecule has 4 aliphatic rings. The maximum absolute atomic E-state index is 11.0. The van der Waals surface area contributed by atoms with Gasteiger partial charge >= 0.3 is 0 Å². The molecular weight excluding hydrogens is 418 g/mol. The zero-order valence-electron chi connectivity index (χ0n) is 22.9. The van der Waals surface area contributed by atoms with E-state index in [1.165, 1.54) is 96.3 Å². The van der Waals surface area contributed by atoms with E-state index in [0.717, 1.165) is 43.6 Å². The summed E-state index contributed by atoms with van der Waals surface area (Å²) in [5, 5.41) is 25.6. The number of hydrogen-bond donors (Lipinski definition) is 3. The van der Waals surface area contributed by atoms with E-state index < -0.39 is 0 Å². The highest BCUT2D eigenvalue weighted by Gasteiger charge is 2.60. The molecule has 4 saturated carbocycles. The molecule has 0 bridgehead atoms. The van der Waals surface area contributed by atoms with Crippen LogP contribution in [0.15, 0.2) is 0 Å². The van der Waals surface area contributed by atoms with Gasteiger partial charge in [-0.3, -0.25) is 0 Å². The van der Waals surface area contributed by atoms with Gasteiger partial charge in [-0.05, 0) is 98.8 Å². The van der Waals surface area contributed by atoms with Crippen molar-refractivity contribution in [3.05, 3.63) is 0 Å². The van der Waals surface area contributed by atoms with E-state index in [4.69, 9.17) is 0 Å². The second kappa shape index (κ2) is 12.0. The van der Waals surface area contributed by atoms with Gasteiger partial charge < -0.3 is 15.5 Å². The van der Waals surface area contributed by atoms with Crippen molar-refractivity contribution in [3.63, 3.8) is 0 Å². The lowest BCUT2D eigenvalue weighted by molar-refractivity contribution is -0.140. The summed E-state index contributed by atoms with van der Waals surface area (Å²) in [6.45, 7) is 8.34. The number of unbranched alkanes of at least 4 members (excludes halogenated alkanes) is 9. The Morgan fingerprint density at radius 3 is 2.09 bits per heavy atom. The van der Waals surface area contributed by atoms with E-state index in [1.54, 1.807) is 0 Å². The van der Waals surface area contributed by atoms with Crippen molar-refractivity contribution in [1.82, 2.24) is 5.32 Å². The lowest BCUT2D eigenvalue weighted by atomic mass is 9.44. The average Bonchev–Trinajstić information content (AvgIpc) is 3.12. The van der Waals surface area contributed by atoms with Gasteiger partial charge in [-0.25, -0.2) is 0 Å². The van der Waals surface area contributed by atoms with Crippen LogP contribution in [0.4, 0.5) is 0 Å². The largest absolute Gasteiger partial charge is 0.393 e. The first-order chi connectivity index (χ1) is 16.4. The second-order valence-electron chi connectivity index (χ2n) is 13.5. The molecule has 0 spiro atoms. The third-order valence-electron chi connectivity index (χ3n) is 11.6. The van der Waals surface area contributed by atoms with Gasteiger partial charge in [0.15, 0.2) is 0 Å². The van der Waals surface area contributed by atoms with Gasteiger partial charge in [-0.1, -0.05) is 78.6 Å². The highest BCUT2D eigenvalue weighted by molar-refractivity contribution is 5.11. The molecule has 0 unspecified atom stereocenters. The molecule has 4 aliphatic carbocycles. The molecule has 3 N–H and O–H groups in total. The summed E-state index contributed by atoms with van der Waals surface area (Å²) in [4.78, 5) is 0. The van der Waals surface area contributed by atoms with Crippen LogP contribution in [0.2, 0.25) is 0 Å². The number of nitrogens with one attached hydrogen (secondary N) is 1. The third kappa shape index (κ3) is 5.57. The number of hydrogen-bond acceptors (Lipinski definition) is 3. The smallest absolute Gasteiger partial charge is 0.0696 e. The summed E-state index contributed by atoms with van der Waals surface area (Å²) in [6.07, 6.45) is 23.1. The Morgan fingerprint density at radius 1 is 0.735 bits per heavy atom. The lowest BCUT2D eigenvalue weighted by Gasteiger charge is -2.61. The van der Waals surface area contributed by atoms with Crippen molar-refractivity contribution >= 4 is 0 Å². The minimum atomic E-state index is -0.167. The third-order valence-corrected chi connectivity index (χ3v) is 11.6. The first-order valence-corrected chi connectivity index (χ1v) is 15.5. The van der Waals surface area contributed by atoms with E-state index in [2.05, 4.69) is 26.1 Å². The minimum absolute atomic E-state index is 0.0763. The molecule has 9 atom stereocenters. The molecular formula is C31H57NO2. The number of aliphatic hydroxyl groups excluding tert-OH is 2. The van der Waals surface area contributed by atoms with Crippen molar-refractivity contribution in [3.8, 4) is 0 Å². The molecule has 0 amide bonds. The summed E-state index contributed by atoms with van der Waals surface area (Å²) in [6, 6.07) is 0.279. The fourth-order valence-corrected chi connectivity index (χ4v) is 9.39. The molecule has 0 saturated heterocycles. The van der Waals surface area contributed by atoms with Crippen LogP contribution in [-0.4, -0.2) is 35.0 Å². The van der Waals surface area contributed by atoms with E-state index >= 15 is 0 Å². The van der Waals surface area contributed by atoms with Gasteiger partial charge in [0, 0.05) is 6.04 Å². The molecule has 34 heavy (non-hydrogen) atoms. The van der Waals surface area contributed by atoms with E-state index in [1.807, 2.05) is 0 Å². The second-order valence-corrected chi connectivity index (χ2v) is 13.5.